The van der Waals surface area contributed by atoms with Crippen molar-refractivity contribution in [3.63, 3.8) is 0 Å². The van der Waals surface area contributed by atoms with Gasteiger partial charge in [-0.3, -0.25) is 9.59 Å². The molecule has 1 amide bonds. The molecular weight excluding hydrogens is 576 g/mol. The number of benzene rings is 3. The lowest BCUT2D eigenvalue weighted by molar-refractivity contribution is -0.131. The van der Waals surface area contributed by atoms with Crippen molar-refractivity contribution in [1.29, 1.82) is 0 Å². The van der Waals surface area contributed by atoms with Crippen LogP contribution in [0.25, 0.3) is 28.2 Å². The van der Waals surface area contributed by atoms with Crippen LogP contribution in [0.15, 0.2) is 72.8 Å². The molecule has 0 saturated heterocycles. The first kappa shape index (κ1) is 30.0. The van der Waals surface area contributed by atoms with Gasteiger partial charge in [-0.05, 0) is 78.6 Å². The van der Waals surface area contributed by atoms with Crippen molar-refractivity contribution in [3.8, 4) is 17.0 Å². The Bertz CT molecular complexity index is 1820. The van der Waals surface area contributed by atoms with E-state index in [0.29, 0.717) is 37.5 Å². The Labute approximate surface area is 269 Å². The van der Waals surface area contributed by atoms with Gasteiger partial charge in [0.15, 0.2) is 5.78 Å². The van der Waals surface area contributed by atoms with E-state index in [1.165, 1.54) is 54.8 Å². The summed E-state index contributed by atoms with van der Waals surface area (Å²) in [5.74, 6) is 0.172. The number of Topliss-reactive ketones (excluding diaryl/α,β-unsaturated/α-hetero) is 1. The molecule has 2 heterocycles. The predicted molar refractivity (Wildman–Crippen MR) is 179 cm³/mol. The average molecular weight is 617 g/mol. The first-order valence-electron chi connectivity index (χ1n) is 16.7. The number of nitrogens with one attached hydrogen (secondary N) is 1. The molecule has 2 N–H and O–H groups in total. The molecule has 3 aliphatic rings. The van der Waals surface area contributed by atoms with E-state index in [1.807, 2.05) is 42.5 Å². The molecule has 0 unspecified atom stereocenters. The summed E-state index contributed by atoms with van der Waals surface area (Å²) in [6, 6.07) is 21.7. The molecule has 2 saturated carbocycles. The molecule has 1 aliphatic heterocycles. The third-order valence-corrected chi connectivity index (χ3v) is 10.2. The first-order chi connectivity index (χ1) is 22.4. The molecule has 7 nitrogen and oxygen atoms in total. The van der Waals surface area contributed by atoms with Crippen molar-refractivity contribution in [1.82, 2.24) is 9.88 Å². The predicted octanol–water partition coefficient (Wildman–Crippen LogP) is 7.70. The van der Waals surface area contributed by atoms with Crippen molar-refractivity contribution in [2.75, 3.05) is 6.61 Å². The topological polar surface area (TPSA) is 97.6 Å². The number of aliphatic carboxylic acids is 1. The zero-order valence-corrected chi connectivity index (χ0v) is 26.1. The molecule has 1 aromatic heterocycles. The number of nitrogens with zero attached hydrogens (tertiary/aromatic N) is 1. The molecule has 7 heteroatoms. The summed E-state index contributed by atoms with van der Waals surface area (Å²) in [6.07, 6.45) is 11.9. The number of amides is 1. The molecule has 4 aromatic rings. The van der Waals surface area contributed by atoms with E-state index in [-0.39, 0.29) is 18.1 Å². The second kappa shape index (κ2) is 12.6. The molecule has 0 bridgehead atoms. The van der Waals surface area contributed by atoms with Gasteiger partial charge < -0.3 is 19.7 Å². The number of hydrogen-bond acceptors (Lipinski definition) is 4. The van der Waals surface area contributed by atoms with Gasteiger partial charge in [0.05, 0.1) is 17.8 Å². The van der Waals surface area contributed by atoms with Crippen molar-refractivity contribution in [2.45, 2.75) is 82.2 Å². The zero-order valence-electron chi connectivity index (χ0n) is 26.1. The minimum absolute atomic E-state index is 0.0122. The molecule has 2 aliphatic carbocycles. The maximum absolute atomic E-state index is 14.0. The number of ether oxygens (including phenoxy) is 1. The maximum atomic E-state index is 14.0. The molecular formula is C39H40N2O5. The van der Waals surface area contributed by atoms with Crippen molar-refractivity contribution in [2.24, 2.45) is 0 Å². The number of para-hydroxylation sites is 1. The number of fused-ring (bicyclic) bond motifs is 5. The molecule has 7 rings (SSSR count). The average Bonchev–Trinajstić information content (AvgIpc) is 3.62. The monoisotopic (exact) mass is 616 g/mol. The highest BCUT2D eigenvalue weighted by molar-refractivity contribution is 6.04. The summed E-state index contributed by atoms with van der Waals surface area (Å²) < 4.78 is 8.55. The summed E-state index contributed by atoms with van der Waals surface area (Å²) in [4.78, 5) is 38.6. The number of carboxylic acids is 1. The smallest absolute Gasteiger partial charge is 0.328 e. The minimum Gasteiger partial charge on any atom is -0.491 e. The number of aromatic nitrogens is 1. The highest BCUT2D eigenvalue weighted by Crippen LogP contribution is 2.47. The van der Waals surface area contributed by atoms with Crippen LogP contribution in [0, 0.1) is 0 Å². The summed E-state index contributed by atoms with van der Waals surface area (Å²) >= 11 is 0. The Morgan fingerprint density at radius 2 is 1.70 bits per heavy atom. The number of rotatable bonds is 8. The van der Waals surface area contributed by atoms with Gasteiger partial charge in [0.25, 0.3) is 5.91 Å². The molecule has 3 aromatic carbocycles. The van der Waals surface area contributed by atoms with E-state index < -0.39 is 11.5 Å². The lowest BCUT2D eigenvalue weighted by Gasteiger charge is -2.29. The number of hydrogen-bond donors (Lipinski definition) is 2. The number of carboxylic acid groups (broad SMARTS) is 1. The van der Waals surface area contributed by atoms with Crippen LogP contribution in [0.2, 0.25) is 0 Å². The number of carbonyl (C=O) groups is 3. The lowest BCUT2D eigenvalue weighted by atomic mass is 9.81. The van der Waals surface area contributed by atoms with E-state index in [1.54, 1.807) is 0 Å². The van der Waals surface area contributed by atoms with Gasteiger partial charge in [0, 0.05) is 34.5 Å². The number of carbonyl (C=O) groups excluding carboxylic acids is 2. The highest BCUT2D eigenvalue weighted by Gasteiger charge is 2.42. The minimum atomic E-state index is -1.01. The Morgan fingerprint density at radius 3 is 2.46 bits per heavy atom. The molecule has 236 valence electrons. The molecule has 46 heavy (non-hydrogen) atoms. The normalized spacial score (nSPS) is 17.7. The maximum Gasteiger partial charge on any atom is 0.328 e. The Hall–Kier alpha value is -4.65. The second-order valence-electron chi connectivity index (χ2n) is 13.1. The van der Waals surface area contributed by atoms with Crippen LogP contribution >= 0.6 is 0 Å². The van der Waals surface area contributed by atoms with Crippen LogP contribution in [-0.4, -0.2) is 39.5 Å². The first-order valence-corrected chi connectivity index (χ1v) is 16.7. The molecule has 0 spiro atoms. The Kier molecular flexibility index (Phi) is 8.24. The largest absolute Gasteiger partial charge is 0.491 e. The van der Waals surface area contributed by atoms with Crippen molar-refractivity contribution >= 4 is 34.6 Å². The van der Waals surface area contributed by atoms with Crippen molar-refractivity contribution < 1.29 is 24.2 Å². The molecule has 2 fully saturated rings. The van der Waals surface area contributed by atoms with Gasteiger partial charge in [-0.25, -0.2) is 4.79 Å². The number of ketones is 1. The molecule has 0 radical (unpaired) electrons. The quantitative estimate of drug-likeness (QED) is 0.198. The Balaban J connectivity index is 1.19. The van der Waals surface area contributed by atoms with Crippen LogP contribution in [-0.2, 0) is 22.6 Å². The van der Waals surface area contributed by atoms with Crippen LogP contribution in [0.3, 0.4) is 0 Å². The van der Waals surface area contributed by atoms with Crippen LogP contribution in [0.1, 0.15) is 90.8 Å². The van der Waals surface area contributed by atoms with Crippen molar-refractivity contribution in [3.05, 3.63) is 95.1 Å². The van der Waals surface area contributed by atoms with Gasteiger partial charge in [0.1, 0.15) is 12.4 Å². The summed E-state index contributed by atoms with van der Waals surface area (Å²) in [5.41, 5.74) is 6.03. The van der Waals surface area contributed by atoms with Gasteiger partial charge in [-0.2, -0.15) is 0 Å². The van der Waals surface area contributed by atoms with E-state index in [9.17, 15) is 14.4 Å². The summed E-state index contributed by atoms with van der Waals surface area (Å²) in [7, 11) is 0. The highest BCUT2D eigenvalue weighted by atomic mass is 16.5. The third kappa shape index (κ3) is 5.75. The van der Waals surface area contributed by atoms with E-state index in [2.05, 4.69) is 34.1 Å². The molecule has 0 atom stereocenters. The summed E-state index contributed by atoms with van der Waals surface area (Å²) in [5, 5.41) is 13.3. The van der Waals surface area contributed by atoms with Crippen LogP contribution in [0.4, 0.5) is 0 Å². The Morgan fingerprint density at radius 1 is 0.935 bits per heavy atom. The van der Waals surface area contributed by atoms with Gasteiger partial charge >= 0.3 is 5.97 Å². The van der Waals surface area contributed by atoms with Crippen LogP contribution in [0.5, 0.6) is 5.75 Å². The van der Waals surface area contributed by atoms with E-state index >= 15 is 0 Å². The van der Waals surface area contributed by atoms with Crippen LogP contribution < -0.4 is 10.1 Å². The summed E-state index contributed by atoms with van der Waals surface area (Å²) in [6.45, 7) is 1.26. The SMILES string of the molecule is O=C(O)/C=C/c1ccc(CC(=O)C2(NC(=O)c3ccc4c(C5CCCCC5)c5n(c4c3)CCOc3ccccc3-5)CCCC2)cc1. The fraction of sp³-hybridized carbons (Fsp3) is 0.359. The zero-order chi connectivity index (χ0) is 31.7. The van der Waals surface area contributed by atoms with E-state index in [4.69, 9.17) is 9.84 Å². The van der Waals surface area contributed by atoms with Gasteiger partial charge in [-0.15, -0.1) is 0 Å². The van der Waals surface area contributed by atoms with Gasteiger partial charge in [0.2, 0.25) is 0 Å². The fourth-order valence-corrected chi connectivity index (χ4v) is 7.89. The van der Waals surface area contributed by atoms with Gasteiger partial charge in [-0.1, -0.05) is 74.6 Å². The van der Waals surface area contributed by atoms with E-state index in [0.717, 1.165) is 46.9 Å². The lowest BCUT2D eigenvalue weighted by Crippen LogP contribution is -2.53. The third-order valence-electron chi connectivity index (χ3n) is 10.2. The second-order valence-corrected chi connectivity index (χ2v) is 13.1. The fourth-order valence-electron chi connectivity index (χ4n) is 7.89. The standard InChI is InChI=1S/C39H40N2O5/c42-34(24-27-14-12-26(13-15-27)16-19-35(43)44)39(20-6-7-21-39)40-38(45)29-17-18-30-32(25-29)41-22-23-46-33-11-5-4-10-31(33)37(41)36(30)28-8-2-1-3-9-28/h4-5,10-19,25,28H,1-3,6-9,20-24H2,(H,40,45)(H,43,44)/b19-16+.